The summed E-state index contributed by atoms with van der Waals surface area (Å²) in [5.41, 5.74) is 0.557. The van der Waals surface area contributed by atoms with Crippen molar-refractivity contribution in [1.29, 1.82) is 0 Å². The molecule has 3 rings (SSSR count). The molecule has 1 heterocycles. The Bertz CT molecular complexity index is 997. The predicted octanol–water partition coefficient (Wildman–Crippen LogP) is 3.51. The third-order valence-corrected chi connectivity index (χ3v) is 3.60. The highest BCUT2D eigenvalue weighted by Crippen LogP contribution is 2.30. The van der Waals surface area contributed by atoms with Crippen molar-refractivity contribution < 1.29 is 28.6 Å². The van der Waals surface area contributed by atoms with Crippen LogP contribution in [0.25, 0.3) is 0 Å². The fourth-order valence-electron chi connectivity index (χ4n) is 2.31. The number of rotatable bonds is 8. The maximum absolute atomic E-state index is 13.1. The summed E-state index contributed by atoms with van der Waals surface area (Å²) in [5, 5.41) is 11.7. The van der Waals surface area contributed by atoms with Crippen LogP contribution < -0.4 is 14.8 Å². The van der Waals surface area contributed by atoms with Crippen molar-refractivity contribution in [3.05, 3.63) is 72.6 Å². The van der Waals surface area contributed by atoms with Gasteiger partial charge in [-0.3, -0.25) is 4.79 Å². The van der Waals surface area contributed by atoms with Gasteiger partial charge in [0.2, 0.25) is 0 Å². The zero-order valence-electron chi connectivity index (χ0n) is 15.0. The van der Waals surface area contributed by atoms with E-state index >= 15 is 0 Å². The van der Waals surface area contributed by atoms with Gasteiger partial charge in [0.05, 0.1) is 6.42 Å². The van der Waals surface area contributed by atoms with Crippen LogP contribution >= 0.6 is 0 Å². The molecular formula is C20H16FN3O5. The lowest BCUT2D eigenvalue weighted by Crippen LogP contribution is -2.11. The Kier molecular flexibility index (Phi) is 6.31. The number of anilines is 1. The number of ether oxygens (including phenoxy) is 2. The third-order valence-electron chi connectivity index (χ3n) is 3.60. The van der Waals surface area contributed by atoms with Crippen molar-refractivity contribution in [1.82, 2.24) is 9.97 Å². The normalized spacial score (nSPS) is 10.2. The van der Waals surface area contributed by atoms with Crippen LogP contribution in [0.2, 0.25) is 0 Å². The fourth-order valence-corrected chi connectivity index (χ4v) is 2.31. The van der Waals surface area contributed by atoms with Gasteiger partial charge >= 0.3 is 11.9 Å². The Hall–Kier alpha value is -4.01. The van der Waals surface area contributed by atoms with Crippen LogP contribution in [-0.2, 0) is 4.79 Å². The van der Waals surface area contributed by atoms with E-state index in [0.29, 0.717) is 17.2 Å². The molecule has 9 heteroatoms. The molecule has 29 heavy (non-hydrogen) atoms. The summed E-state index contributed by atoms with van der Waals surface area (Å²) >= 11 is 0. The molecule has 0 fully saturated rings. The van der Waals surface area contributed by atoms with Gasteiger partial charge in [0, 0.05) is 36.6 Å². The van der Waals surface area contributed by atoms with Crippen LogP contribution in [0.3, 0.4) is 0 Å². The largest absolute Gasteiger partial charge is 0.481 e. The average Bonchev–Trinajstić information content (AvgIpc) is 2.70. The summed E-state index contributed by atoms with van der Waals surface area (Å²) in [6, 6.07) is 11.4. The number of aliphatic carboxylic acids is 1. The van der Waals surface area contributed by atoms with Crippen LogP contribution in [-0.4, -0.2) is 33.6 Å². The minimum atomic E-state index is -0.952. The number of benzene rings is 2. The summed E-state index contributed by atoms with van der Waals surface area (Å²) in [7, 11) is 0. The first kappa shape index (κ1) is 19.7. The lowest BCUT2D eigenvalue weighted by atomic mass is 10.2. The molecule has 0 aliphatic heterocycles. The smallest absolute Gasteiger partial charge is 0.362 e. The molecule has 3 aromatic rings. The topological polar surface area (TPSA) is 111 Å². The monoisotopic (exact) mass is 397 g/mol. The molecule has 0 bridgehead atoms. The second kappa shape index (κ2) is 9.27. The molecule has 0 aliphatic rings. The van der Waals surface area contributed by atoms with E-state index in [1.54, 1.807) is 6.07 Å². The molecule has 1 aromatic heterocycles. The Labute approximate surface area is 165 Å². The predicted molar refractivity (Wildman–Crippen MR) is 101 cm³/mol. The van der Waals surface area contributed by atoms with E-state index < -0.39 is 17.8 Å². The van der Waals surface area contributed by atoms with E-state index in [-0.39, 0.29) is 24.4 Å². The molecule has 0 saturated carbocycles. The van der Waals surface area contributed by atoms with Gasteiger partial charge in [-0.05, 0) is 30.3 Å². The summed E-state index contributed by atoms with van der Waals surface area (Å²) < 4.78 is 24.1. The van der Waals surface area contributed by atoms with Crippen LogP contribution in [0.15, 0.2) is 61.1 Å². The Morgan fingerprint density at radius 1 is 1.03 bits per heavy atom. The van der Waals surface area contributed by atoms with Gasteiger partial charge in [-0.15, -0.1) is 0 Å². The summed E-state index contributed by atoms with van der Waals surface area (Å²) in [4.78, 5) is 30.5. The molecule has 2 N–H and O–H groups in total. The van der Waals surface area contributed by atoms with Crippen molar-refractivity contribution in [2.24, 2.45) is 0 Å². The van der Waals surface area contributed by atoms with E-state index in [0.717, 1.165) is 0 Å². The highest BCUT2D eigenvalue weighted by Gasteiger charge is 2.12. The number of hydrogen-bond acceptors (Lipinski definition) is 7. The number of carboxylic acid groups (broad SMARTS) is 1. The third kappa shape index (κ3) is 5.99. The molecule has 148 valence electrons. The molecule has 0 saturated heterocycles. The van der Waals surface area contributed by atoms with Gasteiger partial charge in [0.1, 0.15) is 29.4 Å². The first-order valence-corrected chi connectivity index (χ1v) is 8.52. The number of nitrogens with one attached hydrogen (secondary N) is 1. The Morgan fingerprint density at radius 2 is 1.79 bits per heavy atom. The van der Waals surface area contributed by atoms with E-state index in [2.05, 4.69) is 15.3 Å². The number of nitrogens with zero attached hydrogens (tertiary/aromatic N) is 2. The molecule has 0 atom stereocenters. The maximum Gasteiger partial charge on any atom is 0.362 e. The molecule has 2 aromatic carbocycles. The summed E-state index contributed by atoms with van der Waals surface area (Å²) in [5.74, 6) is -1.20. The highest BCUT2D eigenvalue weighted by atomic mass is 19.1. The van der Waals surface area contributed by atoms with E-state index in [9.17, 15) is 14.0 Å². The van der Waals surface area contributed by atoms with Gasteiger partial charge < -0.3 is 19.9 Å². The standard InChI is InChI=1S/C20H16FN3O5/c21-13-1-3-15(4-2-13)28-16-9-14(23-8-6-19(25)26)10-17(11-16)29-20(27)18-5-7-22-12-24-18/h1-5,7,9-12,23H,6,8H2,(H,25,26). The molecule has 0 amide bonds. The van der Waals surface area contributed by atoms with E-state index in [1.807, 2.05) is 0 Å². The number of halogens is 1. The zero-order valence-corrected chi connectivity index (χ0v) is 15.0. The van der Waals surface area contributed by atoms with E-state index in [1.165, 1.54) is 55.0 Å². The highest BCUT2D eigenvalue weighted by molar-refractivity contribution is 5.89. The van der Waals surface area contributed by atoms with Gasteiger partial charge in [-0.25, -0.2) is 19.2 Å². The Balaban J connectivity index is 1.82. The number of esters is 1. The summed E-state index contributed by atoms with van der Waals surface area (Å²) in [6.45, 7) is 0.161. The first-order chi connectivity index (χ1) is 14.0. The molecular weight excluding hydrogens is 381 g/mol. The lowest BCUT2D eigenvalue weighted by Gasteiger charge is -2.12. The average molecular weight is 397 g/mol. The summed E-state index contributed by atoms with van der Waals surface area (Å²) in [6.07, 6.45) is 2.54. The maximum atomic E-state index is 13.1. The molecule has 0 unspecified atom stereocenters. The molecule has 0 radical (unpaired) electrons. The van der Waals surface area contributed by atoms with Gasteiger partial charge in [0.15, 0.2) is 5.69 Å². The lowest BCUT2D eigenvalue weighted by molar-refractivity contribution is -0.136. The van der Waals surface area contributed by atoms with Crippen molar-refractivity contribution in [2.75, 3.05) is 11.9 Å². The fraction of sp³-hybridized carbons (Fsp3) is 0.100. The molecule has 8 nitrogen and oxygen atoms in total. The van der Waals surface area contributed by atoms with Crippen LogP contribution in [0.1, 0.15) is 16.9 Å². The molecule has 0 aliphatic carbocycles. The van der Waals surface area contributed by atoms with Crippen molar-refractivity contribution in [3.8, 4) is 17.2 Å². The second-order valence-corrected chi connectivity index (χ2v) is 5.80. The Morgan fingerprint density at radius 3 is 2.48 bits per heavy atom. The van der Waals surface area contributed by atoms with Crippen LogP contribution in [0.5, 0.6) is 17.2 Å². The van der Waals surface area contributed by atoms with Crippen molar-refractivity contribution >= 4 is 17.6 Å². The van der Waals surface area contributed by atoms with Gasteiger partial charge in [-0.1, -0.05) is 0 Å². The van der Waals surface area contributed by atoms with Crippen LogP contribution in [0, 0.1) is 5.82 Å². The van der Waals surface area contributed by atoms with Gasteiger partial charge in [-0.2, -0.15) is 0 Å². The van der Waals surface area contributed by atoms with Crippen LogP contribution in [0.4, 0.5) is 10.1 Å². The quantitative estimate of drug-likeness (QED) is 0.439. The number of carbonyl (C=O) groups excluding carboxylic acids is 1. The number of hydrogen-bond donors (Lipinski definition) is 2. The van der Waals surface area contributed by atoms with E-state index in [4.69, 9.17) is 14.6 Å². The SMILES string of the molecule is O=C(O)CCNc1cc(OC(=O)c2ccncn2)cc(Oc2ccc(F)cc2)c1. The minimum absolute atomic E-state index is 0.0743. The zero-order chi connectivity index (χ0) is 20.6. The minimum Gasteiger partial charge on any atom is -0.481 e. The van der Waals surface area contributed by atoms with Crippen molar-refractivity contribution in [2.45, 2.75) is 6.42 Å². The number of carbonyl (C=O) groups is 2. The number of aromatic nitrogens is 2. The molecule has 0 spiro atoms. The van der Waals surface area contributed by atoms with Gasteiger partial charge in [0.25, 0.3) is 0 Å². The van der Waals surface area contributed by atoms with Crippen molar-refractivity contribution in [3.63, 3.8) is 0 Å². The second-order valence-electron chi connectivity index (χ2n) is 5.80. The first-order valence-electron chi connectivity index (χ1n) is 8.52. The number of carboxylic acids is 1.